The minimum Gasteiger partial charge on any atom is -0.310 e. The molecule has 1 aromatic heterocycles. The normalized spacial score (nSPS) is 11.4. The molecule has 0 aliphatic rings. The molecule has 2 heteroatoms. The summed E-state index contributed by atoms with van der Waals surface area (Å²) in [5.41, 5.74) is 16.2. The number of benzene rings is 11. The zero-order chi connectivity index (χ0) is 42.4. The van der Waals surface area contributed by atoms with E-state index < -0.39 is 0 Å². The zero-order valence-corrected chi connectivity index (χ0v) is 35.1. The van der Waals surface area contributed by atoms with Crippen molar-refractivity contribution in [2.75, 3.05) is 4.90 Å². The number of para-hydroxylation sites is 2. The van der Waals surface area contributed by atoms with Crippen LogP contribution in [0.2, 0.25) is 0 Å². The average molecular weight is 815 g/mol. The molecule has 0 fully saturated rings. The summed E-state index contributed by atoms with van der Waals surface area (Å²) < 4.78 is 2.41. The molecule has 300 valence electrons. The summed E-state index contributed by atoms with van der Waals surface area (Å²) in [6.07, 6.45) is 0. The Hall–Kier alpha value is -8.46. The fraction of sp³-hybridized carbons (Fsp3) is 0. The molecular formula is C62H42N2. The van der Waals surface area contributed by atoms with Crippen molar-refractivity contribution in [2.45, 2.75) is 0 Å². The zero-order valence-electron chi connectivity index (χ0n) is 35.1. The van der Waals surface area contributed by atoms with E-state index in [0.29, 0.717) is 0 Å². The van der Waals surface area contributed by atoms with Crippen LogP contribution in [0.25, 0.3) is 93.5 Å². The van der Waals surface area contributed by atoms with Gasteiger partial charge in [-0.05, 0) is 115 Å². The molecule has 0 spiro atoms. The number of nitrogens with zero attached hydrogens (tertiary/aromatic N) is 2. The van der Waals surface area contributed by atoms with E-state index in [9.17, 15) is 0 Å². The largest absolute Gasteiger partial charge is 0.310 e. The Kier molecular flexibility index (Phi) is 9.20. The van der Waals surface area contributed by atoms with Crippen LogP contribution in [-0.4, -0.2) is 4.57 Å². The van der Waals surface area contributed by atoms with Gasteiger partial charge in [0.2, 0.25) is 0 Å². The van der Waals surface area contributed by atoms with Crippen molar-refractivity contribution in [2.24, 2.45) is 0 Å². The molecule has 12 rings (SSSR count). The summed E-state index contributed by atoms with van der Waals surface area (Å²) in [5.74, 6) is 0. The van der Waals surface area contributed by atoms with Crippen molar-refractivity contribution >= 4 is 60.4 Å². The molecule has 0 amide bonds. The van der Waals surface area contributed by atoms with Gasteiger partial charge in [0.1, 0.15) is 0 Å². The van der Waals surface area contributed by atoms with Crippen molar-refractivity contribution in [3.8, 4) is 50.2 Å². The van der Waals surface area contributed by atoms with Gasteiger partial charge in [-0.1, -0.05) is 200 Å². The van der Waals surface area contributed by atoms with Crippen molar-refractivity contribution in [1.82, 2.24) is 4.57 Å². The molecule has 0 saturated carbocycles. The summed E-state index contributed by atoms with van der Waals surface area (Å²) in [4.78, 5) is 2.47. The smallest absolute Gasteiger partial charge is 0.0561 e. The van der Waals surface area contributed by atoms with Gasteiger partial charge in [0.05, 0.1) is 16.7 Å². The number of anilines is 3. The maximum atomic E-state index is 2.47. The third-order valence-electron chi connectivity index (χ3n) is 12.8. The van der Waals surface area contributed by atoms with Crippen LogP contribution in [0.1, 0.15) is 0 Å². The molecule has 1 heterocycles. The number of aromatic nitrogens is 1. The monoisotopic (exact) mass is 814 g/mol. The molecule has 64 heavy (non-hydrogen) atoms. The van der Waals surface area contributed by atoms with Crippen LogP contribution in [0.4, 0.5) is 17.1 Å². The van der Waals surface area contributed by atoms with Gasteiger partial charge in [0.15, 0.2) is 0 Å². The van der Waals surface area contributed by atoms with Gasteiger partial charge < -0.3 is 9.47 Å². The molecule has 0 saturated heterocycles. The lowest BCUT2D eigenvalue weighted by molar-refractivity contribution is 1.18. The highest BCUT2D eigenvalue weighted by Crippen LogP contribution is 2.49. The minimum atomic E-state index is 1.07. The molecular weight excluding hydrogens is 773 g/mol. The summed E-state index contributed by atoms with van der Waals surface area (Å²) >= 11 is 0. The number of rotatable bonds is 8. The Morgan fingerprint density at radius 2 is 0.797 bits per heavy atom. The highest BCUT2D eigenvalue weighted by molar-refractivity contribution is 6.17. The van der Waals surface area contributed by atoms with Crippen molar-refractivity contribution in [3.63, 3.8) is 0 Å². The van der Waals surface area contributed by atoms with Crippen molar-refractivity contribution in [3.05, 3.63) is 255 Å². The second kappa shape index (κ2) is 15.8. The van der Waals surface area contributed by atoms with E-state index in [4.69, 9.17) is 0 Å². The van der Waals surface area contributed by atoms with Gasteiger partial charge >= 0.3 is 0 Å². The Labute approximate surface area is 373 Å². The van der Waals surface area contributed by atoms with E-state index in [0.717, 1.165) is 33.8 Å². The van der Waals surface area contributed by atoms with Crippen LogP contribution in [0.15, 0.2) is 255 Å². The first-order valence-corrected chi connectivity index (χ1v) is 22.0. The summed E-state index contributed by atoms with van der Waals surface area (Å²) in [5, 5.41) is 7.37. The summed E-state index contributed by atoms with van der Waals surface area (Å²) in [6, 6.07) is 92.9. The molecule has 2 nitrogen and oxygen atoms in total. The lowest BCUT2D eigenvalue weighted by Gasteiger charge is -2.30. The Bertz CT molecular complexity index is 3630. The van der Waals surface area contributed by atoms with E-state index in [1.807, 2.05) is 0 Å². The van der Waals surface area contributed by atoms with Gasteiger partial charge in [-0.2, -0.15) is 0 Å². The molecule has 0 unspecified atom stereocenters. The van der Waals surface area contributed by atoms with E-state index >= 15 is 0 Å². The highest BCUT2D eigenvalue weighted by atomic mass is 15.1. The Morgan fingerprint density at radius 3 is 1.50 bits per heavy atom. The third-order valence-corrected chi connectivity index (χ3v) is 12.8. The average Bonchev–Trinajstić information content (AvgIpc) is 3.71. The second-order valence-corrected chi connectivity index (χ2v) is 16.5. The van der Waals surface area contributed by atoms with Gasteiger partial charge in [0.25, 0.3) is 0 Å². The third kappa shape index (κ3) is 6.44. The number of hydrogen-bond acceptors (Lipinski definition) is 1. The molecule has 0 aliphatic carbocycles. The van der Waals surface area contributed by atoms with Crippen molar-refractivity contribution in [1.29, 1.82) is 0 Å². The predicted octanol–water partition coefficient (Wildman–Crippen LogP) is 17.2. The van der Waals surface area contributed by atoms with Gasteiger partial charge in [-0.25, -0.2) is 0 Å². The minimum absolute atomic E-state index is 1.07. The molecule has 0 bridgehead atoms. The van der Waals surface area contributed by atoms with Crippen LogP contribution in [0.3, 0.4) is 0 Å². The number of fused-ring (bicyclic) bond motifs is 6. The molecule has 0 radical (unpaired) electrons. The van der Waals surface area contributed by atoms with Crippen LogP contribution < -0.4 is 4.90 Å². The molecule has 0 N–H and O–H groups in total. The SMILES string of the molecule is c1ccc(-c2ccc(-c3cccc(N(c4ccc(-c5ccccc5)cc4)c4ccc5c6ccccc6n(-c6ccccc6)c5c4)c3-c3cc4ccccc4c4ccccc34)cc2)cc1. The Morgan fingerprint density at radius 1 is 0.281 bits per heavy atom. The standard InChI is InChI=1S/C62H42N2/c1-4-17-43(18-5-1)45-31-33-47(34-32-45)53-28-16-30-60(62(53)58-41-48-21-10-11-24-52(48)54-25-12-13-26-55(54)58)63(50-37-35-46(36-38-50)44-19-6-2-7-20-44)51-39-40-57-56-27-14-15-29-59(56)64(61(57)42-51)49-22-8-3-9-23-49/h1-42H. The van der Waals surface area contributed by atoms with Gasteiger partial charge in [-0.15, -0.1) is 0 Å². The van der Waals surface area contributed by atoms with Crippen molar-refractivity contribution < 1.29 is 0 Å². The van der Waals surface area contributed by atoms with Crippen LogP contribution in [0, 0.1) is 0 Å². The number of hydrogen-bond donors (Lipinski definition) is 0. The summed E-state index contributed by atoms with van der Waals surface area (Å²) in [6.45, 7) is 0. The lowest BCUT2D eigenvalue weighted by atomic mass is 9.87. The van der Waals surface area contributed by atoms with E-state index in [-0.39, 0.29) is 0 Å². The van der Waals surface area contributed by atoms with Gasteiger partial charge in [-0.3, -0.25) is 0 Å². The fourth-order valence-electron chi connectivity index (χ4n) is 9.80. The quantitative estimate of drug-likeness (QED) is 0.139. The maximum Gasteiger partial charge on any atom is 0.0561 e. The van der Waals surface area contributed by atoms with Crippen LogP contribution in [0.5, 0.6) is 0 Å². The van der Waals surface area contributed by atoms with Gasteiger partial charge in [0, 0.05) is 33.4 Å². The van der Waals surface area contributed by atoms with E-state index in [1.54, 1.807) is 0 Å². The van der Waals surface area contributed by atoms with Crippen LogP contribution in [-0.2, 0) is 0 Å². The topological polar surface area (TPSA) is 8.17 Å². The maximum absolute atomic E-state index is 2.47. The second-order valence-electron chi connectivity index (χ2n) is 16.5. The predicted molar refractivity (Wildman–Crippen MR) is 272 cm³/mol. The molecule has 12 aromatic rings. The first kappa shape index (κ1) is 37.3. The lowest BCUT2D eigenvalue weighted by Crippen LogP contribution is -2.12. The van der Waals surface area contributed by atoms with E-state index in [1.165, 1.54) is 76.8 Å². The molecule has 11 aromatic carbocycles. The van der Waals surface area contributed by atoms with E-state index in [2.05, 4.69) is 264 Å². The fourth-order valence-corrected chi connectivity index (χ4v) is 9.80. The summed E-state index contributed by atoms with van der Waals surface area (Å²) in [7, 11) is 0. The molecule has 0 atom stereocenters. The Balaban J connectivity index is 1.16. The first-order valence-electron chi connectivity index (χ1n) is 22.0. The first-order chi connectivity index (χ1) is 31.8. The highest BCUT2D eigenvalue weighted by Gasteiger charge is 2.24. The molecule has 0 aliphatic heterocycles. The van der Waals surface area contributed by atoms with Crippen LogP contribution >= 0.6 is 0 Å².